The zero-order chi connectivity index (χ0) is 22.3. The average Bonchev–Trinajstić information content (AvgIpc) is 2.72. The van der Waals surface area contributed by atoms with Crippen LogP contribution in [0.3, 0.4) is 0 Å². The minimum Gasteiger partial charge on any atom is -0.484 e. The molecule has 1 fully saturated rings. The van der Waals surface area contributed by atoms with Crippen LogP contribution in [-0.4, -0.2) is 41.9 Å². The summed E-state index contributed by atoms with van der Waals surface area (Å²) in [6, 6.07) is 6.81. The van der Waals surface area contributed by atoms with Gasteiger partial charge in [0.25, 0.3) is 5.91 Å². The Balaban J connectivity index is 1.38. The molecule has 0 unspecified atom stereocenters. The van der Waals surface area contributed by atoms with Crippen LogP contribution in [0.4, 0.5) is 0 Å². The molecule has 2 aromatic carbocycles. The first kappa shape index (κ1) is 22.3. The summed E-state index contributed by atoms with van der Waals surface area (Å²) in [5.41, 5.74) is 1.58. The highest BCUT2D eigenvalue weighted by atomic mass is 35.5. The number of nitrogens with zero attached hydrogens (tertiary/aromatic N) is 1. The molecule has 0 radical (unpaired) electrons. The van der Waals surface area contributed by atoms with E-state index in [9.17, 15) is 9.59 Å². The first-order chi connectivity index (χ1) is 14.7. The SMILES string of the molecule is Cc1cc(OCC(=O)N2CCC3(CC2)CC(=O)c2cc(Cl)cc(Cl)c2O3)cc(C)c1Cl. The number of aryl methyl sites for hydroxylation is 2. The molecule has 2 aliphatic rings. The van der Waals surface area contributed by atoms with Gasteiger partial charge in [-0.25, -0.2) is 0 Å². The molecule has 5 nitrogen and oxygen atoms in total. The van der Waals surface area contributed by atoms with Crippen molar-refractivity contribution in [3.8, 4) is 11.5 Å². The van der Waals surface area contributed by atoms with Crippen LogP contribution >= 0.6 is 34.8 Å². The molecule has 8 heteroatoms. The van der Waals surface area contributed by atoms with Crippen molar-refractivity contribution in [3.05, 3.63) is 56.0 Å². The second kappa shape index (κ2) is 8.53. The number of carbonyl (C=O) groups excluding carboxylic acids is 2. The van der Waals surface area contributed by atoms with E-state index >= 15 is 0 Å². The fourth-order valence-electron chi connectivity index (χ4n) is 4.18. The summed E-state index contributed by atoms with van der Waals surface area (Å²) >= 11 is 18.5. The third-order valence-electron chi connectivity index (χ3n) is 5.91. The van der Waals surface area contributed by atoms with Crippen molar-refractivity contribution in [2.45, 2.75) is 38.7 Å². The van der Waals surface area contributed by atoms with Crippen LogP contribution in [0.5, 0.6) is 11.5 Å². The van der Waals surface area contributed by atoms with E-state index in [2.05, 4.69) is 0 Å². The van der Waals surface area contributed by atoms with Crippen LogP contribution in [0.2, 0.25) is 15.1 Å². The quantitative estimate of drug-likeness (QED) is 0.566. The van der Waals surface area contributed by atoms with Crippen LogP contribution in [0.15, 0.2) is 24.3 Å². The lowest BCUT2D eigenvalue weighted by molar-refractivity contribution is -0.136. The summed E-state index contributed by atoms with van der Waals surface area (Å²) in [5.74, 6) is 0.862. The Hall–Kier alpha value is -1.95. The largest absolute Gasteiger partial charge is 0.484 e. The van der Waals surface area contributed by atoms with Gasteiger partial charge >= 0.3 is 0 Å². The van der Waals surface area contributed by atoms with Crippen LogP contribution in [0.25, 0.3) is 0 Å². The molecule has 0 bridgehead atoms. The lowest BCUT2D eigenvalue weighted by atomic mass is 9.82. The molecule has 0 aromatic heterocycles. The molecule has 1 saturated heterocycles. The second-order valence-electron chi connectivity index (χ2n) is 8.19. The zero-order valence-corrected chi connectivity index (χ0v) is 19.5. The minimum atomic E-state index is -0.649. The molecule has 4 rings (SSSR count). The molecule has 0 atom stereocenters. The van der Waals surface area contributed by atoms with Crippen molar-refractivity contribution in [1.29, 1.82) is 0 Å². The maximum atomic E-state index is 12.7. The Labute approximate surface area is 196 Å². The fraction of sp³-hybridized carbons (Fsp3) is 0.391. The van der Waals surface area contributed by atoms with Gasteiger partial charge in [0.15, 0.2) is 12.4 Å². The molecule has 0 N–H and O–H groups in total. The van der Waals surface area contributed by atoms with Crippen LogP contribution in [0, 0.1) is 13.8 Å². The van der Waals surface area contributed by atoms with Gasteiger partial charge in [-0.3, -0.25) is 9.59 Å². The molecule has 2 heterocycles. The first-order valence-electron chi connectivity index (χ1n) is 10.1. The molecule has 0 saturated carbocycles. The van der Waals surface area contributed by atoms with Crippen molar-refractivity contribution in [2.24, 2.45) is 0 Å². The lowest BCUT2D eigenvalue weighted by Crippen LogP contribution is -2.53. The normalized spacial score (nSPS) is 17.3. The smallest absolute Gasteiger partial charge is 0.260 e. The Morgan fingerprint density at radius 2 is 1.74 bits per heavy atom. The predicted octanol–water partition coefficient (Wildman–Crippen LogP) is 5.67. The fourth-order valence-corrected chi connectivity index (χ4v) is 4.82. The number of likely N-dealkylation sites (tertiary alicyclic amines) is 1. The molecule has 1 spiro atoms. The number of ketones is 1. The second-order valence-corrected chi connectivity index (χ2v) is 9.41. The van der Waals surface area contributed by atoms with Crippen molar-refractivity contribution in [2.75, 3.05) is 19.7 Å². The molecule has 31 heavy (non-hydrogen) atoms. The lowest BCUT2D eigenvalue weighted by Gasteiger charge is -2.44. The Kier molecular flexibility index (Phi) is 6.12. The number of Topliss-reactive ketones (excluding diaryl/α,β-unsaturated/α-hetero) is 1. The van der Waals surface area contributed by atoms with Gasteiger partial charge in [-0.2, -0.15) is 0 Å². The number of hydrogen-bond donors (Lipinski definition) is 0. The topological polar surface area (TPSA) is 55.8 Å². The minimum absolute atomic E-state index is 0.0396. The van der Waals surface area contributed by atoms with E-state index in [0.717, 1.165) is 11.1 Å². The summed E-state index contributed by atoms with van der Waals surface area (Å²) in [4.78, 5) is 27.1. The molecule has 164 valence electrons. The number of amides is 1. The van der Waals surface area contributed by atoms with Gasteiger partial charge in [-0.05, 0) is 49.2 Å². The molecular weight excluding hydrogens is 461 g/mol. The van der Waals surface area contributed by atoms with Crippen molar-refractivity contribution >= 4 is 46.5 Å². The van der Waals surface area contributed by atoms with Crippen LogP contribution < -0.4 is 9.47 Å². The van der Waals surface area contributed by atoms with Crippen molar-refractivity contribution < 1.29 is 19.1 Å². The number of benzene rings is 2. The molecule has 2 aliphatic heterocycles. The van der Waals surface area contributed by atoms with E-state index in [1.54, 1.807) is 17.0 Å². The number of rotatable bonds is 3. The van der Waals surface area contributed by atoms with E-state index in [1.807, 2.05) is 26.0 Å². The number of fused-ring (bicyclic) bond motifs is 1. The van der Waals surface area contributed by atoms with E-state index in [0.29, 0.717) is 58.1 Å². The molecule has 0 aliphatic carbocycles. The summed E-state index contributed by atoms with van der Waals surface area (Å²) in [6.45, 7) is 4.71. The Morgan fingerprint density at radius 3 is 2.39 bits per heavy atom. The number of carbonyl (C=O) groups is 2. The number of hydrogen-bond acceptors (Lipinski definition) is 4. The third-order valence-corrected chi connectivity index (χ3v) is 7.00. The van der Waals surface area contributed by atoms with Crippen LogP contribution in [-0.2, 0) is 4.79 Å². The van der Waals surface area contributed by atoms with Gasteiger partial charge in [-0.1, -0.05) is 34.8 Å². The van der Waals surface area contributed by atoms with Crippen LogP contribution in [0.1, 0.15) is 40.7 Å². The zero-order valence-electron chi connectivity index (χ0n) is 17.3. The average molecular weight is 483 g/mol. The Morgan fingerprint density at radius 1 is 1.10 bits per heavy atom. The van der Waals surface area contributed by atoms with Gasteiger partial charge in [-0.15, -0.1) is 0 Å². The van der Waals surface area contributed by atoms with Gasteiger partial charge in [0, 0.05) is 36.0 Å². The van der Waals surface area contributed by atoms with Gasteiger partial charge in [0.05, 0.1) is 17.0 Å². The highest BCUT2D eigenvalue weighted by Gasteiger charge is 2.44. The first-order valence-corrected chi connectivity index (χ1v) is 11.2. The third kappa shape index (κ3) is 4.50. The number of halogens is 3. The van der Waals surface area contributed by atoms with E-state index < -0.39 is 5.60 Å². The monoisotopic (exact) mass is 481 g/mol. The molecule has 2 aromatic rings. The van der Waals surface area contributed by atoms with Gasteiger partial charge < -0.3 is 14.4 Å². The predicted molar refractivity (Wildman–Crippen MR) is 121 cm³/mol. The van der Waals surface area contributed by atoms with Gasteiger partial charge in [0.2, 0.25) is 0 Å². The van der Waals surface area contributed by atoms with Gasteiger partial charge in [0.1, 0.15) is 17.1 Å². The standard InChI is InChI=1S/C23H22Cl3NO4/c1-13-7-16(8-14(2)21(13)26)30-12-20(29)27-5-3-23(4-6-27)11-19(28)17-9-15(24)10-18(25)22(17)31-23/h7-10H,3-6,11-12H2,1-2H3. The summed E-state index contributed by atoms with van der Waals surface area (Å²) in [7, 11) is 0. The molecular formula is C23H22Cl3NO4. The highest BCUT2D eigenvalue weighted by molar-refractivity contribution is 6.36. The summed E-state index contributed by atoms with van der Waals surface area (Å²) in [6.07, 6.45) is 1.34. The summed E-state index contributed by atoms with van der Waals surface area (Å²) in [5, 5.41) is 1.43. The van der Waals surface area contributed by atoms with E-state index in [4.69, 9.17) is 44.3 Å². The molecule has 1 amide bonds. The van der Waals surface area contributed by atoms with E-state index in [-0.39, 0.29) is 24.7 Å². The number of ether oxygens (including phenoxy) is 2. The number of piperidine rings is 1. The van der Waals surface area contributed by atoms with Crippen molar-refractivity contribution in [3.63, 3.8) is 0 Å². The highest BCUT2D eigenvalue weighted by Crippen LogP contribution is 2.44. The maximum Gasteiger partial charge on any atom is 0.260 e. The van der Waals surface area contributed by atoms with E-state index in [1.165, 1.54) is 0 Å². The van der Waals surface area contributed by atoms with Crippen molar-refractivity contribution in [1.82, 2.24) is 4.90 Å². The summed E-state index contributed by atoms with van der Waals surface area (Å²) < 4.78 is 11.9. The Bertz CT molecular complexity index is 1040. The maximum absolute atomic E-state index is 12.7.